The Bertz CT molecular complexity index is 1860. The van der Waals surface area contributed by atoms with E-state index in [1.165, 1.54) is 24.3 Å². The topological polar surface area (TPSA) is 250 Å². The van der Waals surface area contributed by atoms with Crippen molar-refractivity contribution in [3.05, 3.63) is 54.1 Å². The lowest BCUT2D eigenvalue weighted by atomic mass is 10.1. The number of aliphatic imine (C=N–C) groups is 1. The molecule has 0 aliphatic carbocycles. The van der Waals surface area contributed by atoms with Gasteiger partial charge in [0.05, 0.1) is 25.3 Å². The number of hydrogen-bond donors (Lipinski definition) is 6. The van der Waals surface area contributed by atoms with Crippen LogP contribution in [0.5, 0.6) is 5.75 Å². The Morgan fingerprint density at radius 2 is 1.20 bits per heavy atom. The van der Waals surface area contributed by atoms with Gasteiger partial charge >= 0.3 is 24.2 Å². The summed E-state index contributed by atoms with van der Waals surface area (Å²) in [6.07, 6.45) is -2.36. The van der Waals surface area contributed by atoms with Crippen LogP contribution in [-0.2, 0) is 33.3 Å². The minimum atomic E-state index is -1.39. The molecule has 0 bridgehead atoms. The third-order valence-corrected chi connectivity index (χ3v) is 6.82. The number of carbonyl (C=O) groups is 7. The zero-order valence-electron chi connectivity index (χ0n) is 37.1. The van der Waals surface area contributed by atoms with Crippen LogP contribution in [0, 0.1) is 0 Å². The molecule has 0 saturated carbocycles. The van der Waals surface area contributed by atoms with Gasteiger partial charge in [-0.1, -0.05) is 6.07 Å². The Hall–Kier alpha value is -6.40. The van der Waals surface area contributed by atoms with Gasteiger partial charge in [-0.25, -0.2) is 19.4 Å². The zero-order valence-corrected chi connectivity index (χ0v) is 37.1. The van der Waals surface area contributed by atoms with Crippen molar-refractivity contribution < 1.29 is 57.2 Å². The highest BCUT2D eigenvalue weighted by Gasteiger charge is 2.28. The number of guanidine groups is 1. The van der Waals surface area contributed by atoms with Crippen LogP contribution >= 0.6 is 0 Å². The van der Waals surface area contributed by atoms with Crippen LogP contribution in [0.15, 0.2) is 53.5 Å². The number of amides is 6. The quantitative estimate of drug-likeness (QED) is 0.0447. The standard InChI is InChI=1S/C42H61N7O12/c1-39(2,3)58-32(51)24-30(34(53)45-27-17-19-29(20-18-27)57-22-14-21-43-36(54)59-40(4,5)6)47-31(50)25-44-33(52)26-15-13-16-28(23-26)46-35(48-37(55)60-41(7,8)9)49-38(56)61-42(10,11)12/h13,15-20,23,30H,14,21-22,24-25H2,1-12H3,(H,43,54)(H,44,52)(H,45,53)(H,47,50)(H2,46,48,49,55,56)/t30-/m0/s1. The Morgan fingerprint density at radius 1 is 0.656 bits per heavy atom. The molecule has 2 aromatic rings. The summed E-state index contributed by atoms with van der Waals surface area (Å²) in [5, 5.41) is 15.0. The van der Waals surface area contributed by atoms with Crippen LogP contribution in [-0.4, -0.2) is 96.1 Å². The number of nitrogens with one attached hydrogen (secondary N) is 6. The number of alkyl carbamates (subject to hydrolysis) is 3. The minimum Gasteiger partial charge on any atom is -0.494 e. The van der Waals surface area contributed by atoms with E-state index in [-0.39, 0.29) is 17.2 Å². The molecule has 1 atom stereocenters. The summed E-state index contributed by atoms with van der Waals surface area (Å²) in [7, 11) is 0. The highest BCUT2D eigenvalue weighted by Crippen LogP contribution is 2.18. The smallest absolute Gasteiger partial charge is 0.414 e. The molecule has 6 N–H and O–H groups in total. The number of nitrogens with zero attached hydrogens (tertiary/aromatic N) is 1. The number of benzene rings is 2. The Labute approximate surface area is 356 Å². The summed E-state index contributed by atoms with van der Waals surface area (Å²) in [6, 6.07) is 10.7. The van der Waals surface area contributed by atoms with Crippen LogP contribution in [0.25, 0.3) is 0 Å². The number of anilines is 1. The van der Waals surface area contributed by atoms with Gasteiger partial charge in [0.2, 0.25) is 17.8 Å². The van der Waals surface area contributed by atoms with Crippen molar-refractivity contribution in [3.8, 4) is 5.75 Å². The highest BCUT2D eigenvalue weighted by molar-refractivity contribution is 6.03. The second-order valence-corrected chi connectivity index (χ2v) is 17.5. The second kappa shape index (κ2) is 22.3. The van der Waals surface area contributed by atoms with Crippen LogP contribution < -0.4 is 36.6 Å². The van der Waals surface area contributed by atoms with Crippen molar-refractivity contribution in [1.82, 2.24) is 26.6 Å². The summed E-state index contributed by atoms with van der Waals surface area (Å²) in [5.41, 5.74) is -2.67. The molecule has 0 aliphatic rings. The fourth-order valence-corrected chi connectivity index (χ4v) is 4.63. The summed E-state index contributed by atoms with van der Waals surface area (Å²) in [5.74, 6) is -2.82. The molecular formula is C42H61N7O12. The third-order valence-electron chi connectivity index (χ3n) is 6.82. The van der Waals surface area contributed by atoms with Gasteiger partial charge in [0.15, 0.2) is 0 Å². The summed E-state index contributed by atoms with van der Waals surface area (Å²) in [4.78, 5) is 93.4. The van der Waals surface area contributed by atoms with Crippen molar-refractivity contribution in [3.63, 3.8) is 0 Å². The Balaban J connectivity index is 2.10. The van der Waals surface area contributed by atoms with Gasteiger partial charge in [-0.2, -0.15) is 0 Å². The minimum absolute atomic E-state index is 0.0517. The molecule has 336 valence electrons. The zero-order chi connectivity index (χ0) is 46.2. The Kier molecular flexibility index (Phi) is 18.5. The van der Waals surface area contributed by atoms with E-state index in [1.54, 1.807) is 107 Å². The first kappa shape index (κ1) is 50.7. The average Bonchev–Trinajstić information content (AvgIpc) is 3.07. The van der Waals surface area contributed by atoms with Gasteiger partial charge in [-0.05, 0) is 132 Å². The molecule has 2 rings (SSSR count). The lowest BCUT2D eigenvalue weighted by Gasteiger charge is -2.23. The maximum absolute atomic E-state index is 13.4. The van der Waals surface area contributed by atoms with Crippen molar-refractivity contribution >= 4 is 59.3 Å². The lowest BCUT2D eigenvalue weighted by Crippen LogP contribution is -2.48. The molecule has 0 saturated heterocycles. The number of carbonyl (C=O) groups excluding carboxylic acids is 7. The van der Waals surface area contributed by atoms with E-state index in [4.69, 9.17) is 23.7 Å². The number of hydrogen-bond acceptors (Lipinski definition) is 13. The maximum atomic E-state index is 13.4. The number of esters is 1. The molecule has 0 aliphatic heterocycles. The molecule has 6 amide bonds. The first-order valence-corrected chi connectivity index (χ1v) is 19.5. The van der Waals surface area contributed by atoms with Crippen molar-refractivity contribution in [2.45, 2.75) is 124 Å². The predicted molar refractivity (Wildman–Crippen MR) is 226 cm³/mol. The third kappa shape index (κ3) is 23.1. The van der Waals surface area contributed by atoms with Gasteiger partial charge in [0, 0.05) is 17.8 Å². The second-order valence-electron chi connectivity index (χ2n) is 17.5. The number of ether oxygens (including phenoxy) is 5. The first-order valence-electron chi connectivity index (χ1n) is 19.5. The van der Waals surface area contributed by atoms with Gasteiger partial charge < -0.3 is 45.0 Å². The van der Waals surface area contributed by atoms with E-state index >= 15 is 0 Å². The molecule has 19 heteroatoms. The monoisotopic (exact) mass is 855 g/mol. The number of rotatable bonds is 14. The lowest BCUT2D eigenvalue weighted by molar-refractivity contribution is -0.156. The van der Waals surface area contributed by atoms with Crippen LogP contribution in [0.3, 0.4) is 0 Å². The van der Waals surface area contributed by atoms with Gasteiger partial charge in [0.25, 0.3) is 5.91 Å². The SMILES string of the molecule is CC(C)(C)OC(=O)C[C@H](NC(=O)CNC(=O)c1cccc(N=C(NC(=O)OC(C)(C)C)NC(=O)OC(C)(C)C)c1)C(=O)Nc1ccc(OCCCNC(=O)OC(C)(C)C)cc1. The fraction of sp³-hybridized carbons (Fsp3) is 0.524. The highest BCUT2D eigenvalue weighted by atomic mass is 16.6. The molecule has 0 radical (unpaired) electrons. The van der Waals surface area contributed by atoms with E-state index in [0.717, 1.165) is 0 Å². The average molecular weight is 856 g/mol. The van der Waals surface area contributed by atoms with Crippen molar-refractivity contribution in [2.24, 2.45) is 4.99 Å². The molecule has 19 nitrogen and oxygen atoms in total. The Morgan fingerprint density at radius 3 is 1.74 bits per heavy atom. The molecular weight excluding hydrogens is 794 g/mol. The van der Waals surface area contributed by atoms with Crippen LogP contribution in [0.2, 0.25) is 0 Å². The van der Waals surface area contributed by atoms with E-state index in [9.17, 15) is 33.6 Å². The maximum Gasteiger partial charge on any atom is 0.414 e. The van der Waals surface area contributed by atoms with E-state index in [1.807, 2.05) is 0 Å². The summed E-state index contributed by atoms with van der Waals surface area (Å²) in [6.45, 7) is 20.3. The van der Waals surface area contributed by atoms with Crippen LogP contribution in [0.1, 0.15) is 106 Å². The summed E-state index contributed by atoms with van der Waals surface area (Å²) >= 11 is 0. The first-order chi connectivity index (χ1) is 28.1. The van der Waals surface area contributed by atoms with E-state index < -0.39 is 83.4 Å². The molecule has 0 spiro atoms. The van der Waals surface area contributed by atoms with Crippen molar-refractivity contribution in [2.75, 3.05) is 25.0 Å². The molecule has 0 unspecified atom stereocenters. The van der Waals surface area contributed by atoms with Crippen molar-refractivity contribution in [1.29, 1.82) is 0 Å². The van der Waals surface area contributed by atoms with Gasteiger partial charge in [0.1, 0.15) is 34.2 Å². The molecule has 2 aromatic carbocycles. The van der Waals surface area contributed by atoms with Crippen LogP contribution in [0.4, 0.5) is 25.8 Å². The molecule has 61 heavy (non-hydrogen) atoms. The van der Waals surface area contributed by atoms with E-state index in [2.05, 4.69) is 36.9 Å². The normalized spacial score (nSPS) is 12.0. The van der Waals surface area contributed by atoms with Gasteiger partial charge in [-0.15, -0.1) is 0 Å². The molecule has 0 heterocycles. The predicted octanol–water partition coefficient (Wildman–Crippen LogP) is 5.60. The fourth-order valence-electron chi connectivity index (χ4n) is 4.63. The summed E-state index contributed by atoms with van der Waals surface area (Å²) < 4.78 is 26.8. The van der Waals surface area contributed by atoms with E-state index in [0.29, 0.717) is 31.0 Å². The molecule has 0 fully saturated rings. The largest absolute Gasteiger partial charge is 0.494 e. The molecule has 0 aromatic heterocycles. The van der Waals surface area contributed by atoms with Gasteiger partial charge in [-0.3, -0.25) is 29.8 Å².